The Morgan fingerprint density at radius 1 is 0.829 bits per heavy atom. The van der Waals surface area contributed by atoms with Crippen molar-refractivity contribution in [2.45, 2.75) is 122 Å². The summed E-state index contributed by atoms with van der Waals surface area (Å²) >= 11 is 0. The number of methoxy groups -OCH3 is 2. The van der Waals surface area contributed by atoms with E-state index in [9.17, 15) is 59.4 Å². The van der Waals surface area contributed by atoms with Crippen molar-refractivity contribution in [1.29, 1.82) is 5.41 Å². The summed E-state index contributed by atoms with van der Waals surface area (Å²) in [6.45, 7) is 1.73. The molecule has 3 aliphatic heterocycles. The van der Waals surface area contributed by atoms with Gasteiger partial charge in [-0.25, -0.2) is 28.4 Å². The summed E-state index contributed by atoms with van der Waals surface area (Å²) < 4.78 is 160. The van der Waals surface area contributed by atoms with Crippen molar-refractivity contribution < 1.29 is 82.4 Å². The average Bonchev–Trinajstić information content (AvgIpc) is 3.87. The van der Waals surface area contributed by atoms with E-state index in [2.05, 4.69) is 36.4 Å². The lowest BCUT2D eigenvalue weighted by Gasteiger charge is -2.48. The molecule has 0 spiro atoms. The molecule has 7 N–H and O–H groups in total. The highest BCUT2D eigenvalue weighted by atomic mass is 19.4. The van der Waals surface area contributed by atoms with Crippen LogP contribution in [0.2, 0.25) is 0 Å². The molecule has 0 aliphatic carbocycles. The van der Waals surface area contributed by atoms with Gasteiger partial charge in [-0.1, -0.05) is 24.0 Å². The Hall–Kier alpha value is -7.22. The smallest absolute Gasteiger partial charge is 0.407 e. The number of hydrogen-bond acceptors (Lipinski definition) is 14. The second kappa shape index (κ2) is 26.4. The number of alkyl halides is 8. The molecule has 0 radical (unpaired) electrons. The van der Waals surface area contributed by atoms with Gasteiger partial charge in [0.1, 0.15) is 29.5 Å². The van der Waals surface area contributed by atoms with E-state index in [1.54, 1.807) is 22.8 Å². The molecule has 6 atom stereocenters. The Bertz CT molecular complexity index is 2860. The molecule has 3 aromatic rings. The second-order valence-electron chi connectivity index (χ2n) is 21.1. The van der Waals surface area contributed by atoms with Crippen LogP contribution in [0.15, 0.2) is 54.7 Å². The van der Waals surface area contributed by atoms with Gasteiger partial charge in [0.15, 0.2) is 0 Å². The summed E-state index contributed by atoms with van der Waals surface area (Å²) in [5, 5.41) is 27.6. The van der Waals surface area contributed by atoms with Crippen molar-refractivity contribution in [3.63, 3.8) is 0 Å². The minimum Gasteiger partial charge on any atom is -0.453 e. The molecule has 82 heavy (non-hydrogen) atoms. The van der Waals surface area contributed by atoms with Crippen LogP contribution in [0.4, 0.5) is 59.3 Å². The number of halogens is 10. The summed E-state index contributed by atoms with van der Waals surface area (Å²) in [6.07, 6.45) is -12.8. The van der Waals surface area contributed by atoms with E-state index in [-0.39, 0.29) is 5.56 Å². The molecule has 0 saturated carbocycles. The number of hydrazine groups is 1. The van der Waals surface area contributed by atoms with Crippen LogP contribution in [-0.4, -0.2) is 159 Å². The monoisotopic (exact) mass is 1170 g/mol. The summed E-state index contributed by atoms with van der Waals surface area (Å²) in [7, 11) is 1.59. The molecule has 2 aromatic carbocycles. The molecule has 2 unspecified atom stereocenters. The topological polar surface area (TPSA) is 223 Å². The van der Waals surface area contributed by atoms with Gasteiger partial charge in [0.25, 0.3) is 5.91 Å². The number of piperazine rings is 1. The van der Waals surface area contributed by atoms with Crippen LogP contribution in [0.1, 0.15) is 74.0 Å². The number of aliphatic hydroxyl groups excluding tert-OH is 1. The molecule has 448 valence electrons. The number of anilines is 1. The van der Waals surface area contributed by atoms with E-state index >= 15 is 8.78 Å². The predicted octanol–water partition coefficient (Wildman–Crippen LogP) is 6.47. The van der Waals surface area contributed by atoms with E-state index in [0.29, 0.717) is 92.2 Å². The van der Waals surface area contributed by atoms with Crippen LogP contribution in [0.5, 0.6) is 0 Å². The molecule has 3 saturated heterocycles. The molecule has 1 aromatic heterocycles. The maximum Gasteiger partial charge on any atom is 0.407 e. The quantitative estimate of drug-likeness (QED) is 0.0200. The molecule has 4 heterocycles. The summed E-state index contributed by atoms with van der Waals surface area (Å²) in [6, 6.07) is 5.42. The number of alkyl carbamates (subject to hydrolysis) is 2. The number of carbonyl (C=O) groups excluding carboxylic acids is 4. The van der Waals surface area contributed by atoms with E-state index in [1.807, 2.05) is 29.8 Å². The number of ether oxygens (including phenoxy) is 3. The number of allylic oxidation sites excluding steroid dienone is 1. The third-order valence-electron chi connectivity index (χ3n) is 14.9. The van der Waals surface area contributed by atoms with Crippen LogP contribution < -0.4 is 31.6 Å². The van der Waals surface area contributed by atoms with Crippen molar-refractivity contribution in [2.24, 2.45) is 10.8 Å². The van der Waals surface area contributed by atoms with Gasteiger partial charge in [-0.05, 0) is 101 Å². The zero-order chi connectivity index (χ0) is 60.6. The molecular weight excluding hydrogens is 1110 g/mol. The third-order valence-corrected chi connectivity index (χ3v) is 14.9. The molecule has 3 aliphatic rings. The minimum atomic E-state index is -5.24. The number of rotatable bonds is 21. The number of hydrogen-bond donors (Lipinski definition) is 7. The van der Waals surface area contributed by atoms with Crippen molar-refractivity contribution >= 4 is 41.6 Å². The molecular formula is C54H64F10N10O8. The van der Waals surface area contributed by atoms with E-state index in [4.69, 9.17) is 15.1 Å². The fourth-order valence-corrected chi connectivity index (χ4v) is 9.66. The first kappa shape index (κ1) is 64.0. The fraction of sp³-hybridized carbons (Fsp3) is 0.519. The molecule has 28 heteroatoms. The first-order chi connectivity index (χ1) is 38.4. The Morgan fingerprint density at radius 3 is 1.85 bits per heavy atom. The van der Waals surface area contributed by atoms with Gasteiger partial charge >= 0.3 is 31.1 Å². The first-order valence-electron chi connectivity index (χ1n) is 25.7. The number of benzene rings is 2. The van der Waals surface area contributed by atoms with Crippen LogP contribution >= 0.6 is 0 Å². The number of pyridine rings is 1. The maximum absolute atomic E-state index is 16.0. The van der Waals surface area contributed by atoms with Gasteiger partial charge in [0, 0.05) is 72.9 Å². The summed E-state index contributed by atoms with van der Waals surface area (Å²) in [5.74, 6) is 0.748. The Morgan fingerprint density at radius 2 is 1.38 bits per heavy atom. The van der Waals surface area contributed by atoms with E-state index in [1.165, 1.54) is 12.1 Å². The van der Waals surface area contributed by atoms with E-state index < -0.39 is 126 Å². The highest BCUT2D eigenvalue weighted by Gasteiger charge is 2.57. The standard InChI is InChI=1S/C54H64F10N10O8/c1-29-32(14-17-43(67-29)72-23-35-15-16-36(24-72)74(35)37-27-82-28-37)13-12-30-8-10-31(11-9-30)18-41(68-46(76)44(69-49(78)80-6)51(2,3)53(59,60)61)42(75)26-73(71-47(77)45(70-50(79)81-7)52(4,5)54(62,63)64)25-38-39(55)19-33(20-40(38)56)34(21-65)22-66-48(57)58/h8-11,14,17,19-22,35-37,41-42,44-45,48,65-66,75H,15-16,18,23-28H2,1-7H3,(H,68,76)(H,69,78)(H,70,79)(H,71,77)/b34-22+,65-21?/t35?,36?,41-,42-,44+,45+/m0/s1. The maximum atomic E-state index is 16.0. The summed E-state index contributed by atoms with van der Waals surface area (Å²) in [4.78, 5) is 62.6. The zero-order valence-corrected chi connectivity index (χ0v) is 45.6. The van der Waals surface area contributed by atoms with Gasteiger partial charge in [-0.15, -0.1) is 0 Å². The first-order valence-corrected chi connectivity index (χ1v) is 25.7. The van der Waals surface area contributed by atoms with Crippen LogP contribution in [-0.2, 0) is 36.8 Å². The number of nitrogens with one attached hydrogen (secondary N) is 6. The van der Waals surface area contributed by atoms with Crippen molar-refractivity contribution in [3.05, 3.63) is 99.9 Å². The summed E-state index contributed by atoms with van der Waals surface area (Å²) in [5.41, 5.74) is -4.05. The lowest BCUT2D eigenvalue weighted by atomic mass is 9.82. The Balaban J connectivity index is 1.33. The highest BCUT2D eigenvalue weighted by Crippen LogP contribution is 2.42. The van der Waals surface area contributed by atoms with Crippen molar-refractivity contribution in [1.82, 2.24) is 41.6 Å². The Labute approximate surface area is 466 Å². The van der Waals surface area contributed by atoms with Crippen LogP contribution in [0.3, 0.4) is 0 Å². The number of carbonyl (C=O) groups is 4. The predicted molar refractivity (Wildman–Crippen MR) is 278 cm³/mol. The second-order valence-corrected chi connectivity index (χ2v) is 21.1. The van der Waals surface area contributed by atoms with Crippen molar-refractivity contribution in [2.75, 3.05) is 52.0 Å². The average molecular weight is 1170 g/mol. The molecule has 6 rings (SSSR count). The largest absolute Gasteiger partial charge is 0.453 e. The fourth-order valence-electron chi connectivity index (χ4n) is 9.66. The zero-order valence-electron chi connectivity index (χ0n) is 45.6. The third kappa shape index (κ3) is 15.3. The van der Waals surface area contributed by atoms with E-state index in [0.717, 1.165) is 59.2 Å². The minimum absolute atomic E-state index is 0.262. The highest BCUT2D eigenvalue weighted by molar-refractivity contribution is 6.08. The number of amides is 4. The van der Waals surface area contributed by atoms with Gasteiger partial charge in [-0.3, -0.25) is 19.9 Å². The van der Waals surface area contributed by atoms with Crippen LogP contribution in [0, 0.1) is 46.6 Å². The molecule has 18 nitrogen and oxygen atoms in total. The Kier molecular flexibility index (Phi) is 20.6. The molecule has 2 bridgehead atoms. The SMILES string of the molecule is COC(=O)N[C@H](C(=O)N[C@@H](Cc1ccc(C#Cc2ccc(N3CC4CCC(C3)N4C3COC3)nc2C)cc1)[C@@H](O)CN(Cc1c(F)cc(/C(C=N)=C/NC(F)F)cc1F)NC(=O)[C@@H](NC(=O)OC)C(C)(C)C(F)(F)F)C(C)(C)C(F)(F)F. The van der Waals surface area contributed by atoms with Gasteiger partial charge < -0.3 is 50.9 Å². The van der Waals surface area contributed by atoms with Crippen LogP contribution in [0.25, 0.3) is 5.57 Å². The van der Waals surface area contributed by atoms with Gasteiger partial charge in [-0.2, -0.15) is 35.1 Å². The normalized spacial score (nSPS) is 18.5. The molecule has 3 fully saturated rings. The number of aliphatic hydroxyl groups is 1. The van der Waals surface area contributed by atoms with Gasteiger partial charge in [0.05, 0.1) is 62.1 Å². The van der Waals surface area contributed by atoms with Gasteiger partial charge in [0.2, 0.25) is 5.91 Å². The number of nitrogens with zero attached hydrogens (tertiary/aromatic N) is 4. The number of fused-ring (bicyclic) bond motifs is 2. The molecule has 4 amide bonds. The van der Waals surface area contributed by atoms with Crippen molar-refractivity contribution in [3.8, 4) is 11.8 Å². The number of aromatic nitrogens is 1. The lowest BCUT2D eigenvalue weighted by Crippen LogP contribution is -2.63. The number of aryl methyl sites for hydroxylation is 1. The lowest BCUT2D eigenvalue weighted by molar-refractivity contribution is -0.221.